The molecular weight excluding hydrogens is 248 g/mol. The van der Waals surface area contributed by atoms with Crippen LogP contribution in [0.4, 0.5) is 0 Å². The summed E-state index contributed by atoms with van der Waals surface area (Å²) in [7, 11) is 0. The van der Waals surface area contributed by atoms with E-state index in [1.54, 1.807) is 0 Å². The number of hydrogen-bond acceptors (Lipinski definition) is 2. The van der Waals surface area contributed by atoms with Crippen LogP contribution in [0.15, 0.2) is 24.3 Å². The number of unbranched alkanes of at least 4 members (excludes halogenated alkanes) is 2. The van der Waals surface area contributed by atoms with Crippen LogP contribution in [0.3, 0.4) is 0 Å². The molecule has 1 aromatic carbocycles. The standard InChI is InChI=1S/C17H28N2O/c1-3-5-11-19(12-6-4-2)17(20)13-15-9-7-8-10-16(15)14-18/h7-10H,3-6,11-14,18H2,1-2H3. The third-order valence-electron chi connectivity index (χ3n) is 3.60. The number of carbonyl (C=O) groups excluding carboxylic acids is 1. The second kappa shape index (κ2) is 9.54. The molecule has 112 valence electrons. The molecule has 0 aliphatic heterocycles. The lowest BCUT2D eigenvalue weighted by atomic mass is 10.0. The van der Waals surface area contributed by atoms with Crippen molar-refractivity contribution >= 4 is 5.91 Å². The second-order valence-corrected chi connectivity index (χ2v) is 5.24. The molecule has 0 aliphatic carbocycles. The van der Waals surface area contributed by atoms with Crippen LogP contribution in [0, 0.1) is 0 Å². The summed E-state index contributed by atoms with van der Waals surface area (Å²) in [5, 5.41) is 0. The zero-order chi connectivity index (χ0) is 14.8. The summed E-state index contributed by atoms with van der Waals surface area (Å²) in [5.41, 5.74) is 7.88. The van der Waals surface area contributed by atoms with Crippen LogP contribution in [0.25, 0.3) is 0 Å². The Hall–Kier alpha value is -1.35. The molecule has 3 heteroatoms. The molecule has 0 unspecified atom stereocenters. The lowest BCUT2D eigenvalue weighted by molar-refractivity contribution is -0.130. The van der Waals surface area contributed by atoms with Gasteiger partial charge < -0.3 is 10.6 Å². The SMILES string of the molecule is CCCCN(CCCC)C(=O)Cc1ccccc1CN. The number of carbonyl (C=O) groups is 1. The minimum absolute atomic E-state index is 0.229. The normalized spacial score (nSPS) is 10.6. The molecule has 0 spiro atoms. The Kier molecular flexibility index (Phi) is 7.97. The largest absolute Gasteiger partial charge is 0.342 e. The van der Waals surface area contributed by atoms with Gasteiger partial charge in [0, 0.05) is 19.6 Å². The van der Waals surface area contributed by atoms with Crippen molar-refractivity contribution in [1.82, 2.24) is 4.90 Å². The third-order valence-corrected chi connectivity index (χ3v) is 3.60. The van der Waals surface area contributed by atoms with E-state index in [0.717, 1.165) is 49.9 Å². The van der Waals surface area contributed by atoms with Crippen LogP contribution in [0.5, 0.6) is 0 Å². The predicted octanol–water partition coefficient (Wildman–Crippen LogP) is 3.12. The molecule has 0 radical (unpaired) electrons. The summed E-state index contributed by atoms with van der Waals surface area (Å²) >= 11 is 0. The molecule has 1 rings (SSSR count). The van der Waals surface area contributed by atoms with Gasteiger partial charge in [0.15, 0.2) is 0 Å². The molecule has 20 heavy (non-hydrogen) atoms. The van der Waals surface area contributed by atoms with Crippen molar-refractivity contribution in [2.45, 2.75) is 52.5 Å². The van der Waals surface area contributed by atoms with E-state index >= 15 is 0 Å². The van der Waals surface area contributed by atoms with E-state index in [2.05, 4.69) is 13.8 Å². The molecule has 0 fully saturated rings. The smallest absolute Gasteiger partial charge is 0.227 e. The fourth-order valence-corrected chi connectivity index (χ4v) is 2.26. The topological polar surface area (TPSA) is 46.3 Å². The van der Waals surface area contributed by atoms with E-state index in [1.165, 1.54) is 0 Å². The second-order valence-electron chi connectivity index (χ2n) is 5.24. The van der Waals surface area contributed by atoms with Gasteiger partial charge >= 0.3 is 0 Å². The summed E-state index contributed by atoms with van der Waals surface area (Å²) in [6.45, 7) is 6.56. The van der Waals surface area contributed by atoms with Crippen molar-refractivity contribution < 1.29 is 4.79 Å². The zero-order valence-electron chi connectivity index (χ0n) is 12.9. The minimum atomic E-state index is 0.229. The van der Waals surface area contributed by atoms with Crippen LogP contribution in [-0.4, -0.2) is 23.9 Å². The highest BCUT2D eigenvalue weighted by atomic mass is 16.2. The summed E-state index contributed by atoms with van der Waals surface area (Å²) in [6.07, 6.45) is 4.87. The molecule has 3 nitrogen and oxygen atoms in total. The first-order valence-corrected chi connectivity index (χ1v) is 7.77. The van der Waals surface area contributed by atoms with Crippen LogP contribution in [0.1, 0.15) is 50.7 Å². The first kappa shape index (κ1) is 16.7. The van der Waals surface area contributed by atoms with E-state index in [-0.39, 0.29) is 5.91 Å². The third kappa shape index (κ3) is 5.33. The maximum absolute atomic E-state index is 12.5. The molecule has 0 saturated carbocycles. The molecule has 0 aromatic heterocycles. The average molecular weight is 276 g/mol. The summed E-state index contributed by atoms with van der Waals surface area (Å²) in [5.74, 6) is 0.229. The van der Waals surface area contributed by atoms with Gasteiger partial charge in [-0.3, -0.25) is 4.79 Å². The van der Waals surface area contributed by atoms with E-state index in [9.17, 15) is 4.79 Å². The van der Waals surface area contributed by atoms with Crippen molar-refractivity contribution in [3.8, 4) is 0 Å². The van der Waals surface area contributed by atoms with E-state index in [1.807, 2.05) is 29.2 Å². The Morgan fingerprint density at radius 3 is 2.10 bits per heavy atom. The van der Waals surface area contributed by atoms with Gasteiger partial charge in [-0.25, -0.2) is 0 Å². The number of nitrogens with zero attached hydrogens (tertiary/aromatic N) is 1. The van der Waals surface area contributed by atoms with Gasteiger partial charge in [-0.2, -0.15) is 0 Å². The summed E-state index contributed by atoms with van der Waals surface area (Å²) in [6, 6.07) is 7.97. The number of hydrogen-bond donors (Lipinski definition) is 1. The molecule has 1 aromatic rings. The first-order valence-electron chi connectivity index (χ1n) is 7.77. The van der Waals surface area contributed by atoms with Crippen molar-refractivity contribution in [2.24, 2.45) is 5.73 Å². The maximum Gasteiger partial charge on any atom is 0.227 e. The number of benzene rings is 1. The number of amides is 1. The van der Waals surface area contributed by atoms with Crippen LogP contribution >= 0.6 is 0 Å². The van der Waals surface area contributed by atoms with E-state index in [4.69, 9.17) is 5.73 Å². The Morgan fingerprint density at radius 2 is 1.60 bits per heavy atom. The summed E-state index contributed by atoms with van der Waals surface area (Å²) in [4.78, 5) is 14.5. The quantitative estimate of drug-likeness (QED) is 0.753. The van der Waals surface area contributed by atoms with E-state index in [0.29, 0.717) is 13.0 Å². The van der Waals surface area contributed by atoms with Gasteiger partial charge in [-0.05, 0) is 24.0 Å². The molecule has 0 bridgehead atoms. The van der Waals surface area contributed by atoms with Crippen molar-refractivity contribution in [2.75, 3.05) is 13.1 Å². The van der Waals surface area contributed by atoms with Gasteiger partial charge in [0.25, 0.3) is 0 Å². The highest BCUT2D eigenvalue weighted by Gasteiger charge is 2.14. The summed E-state index contributed by atoms with van der Waals surface area (Å²) < 4.78 is 0. The van der Waals surface area contributed by atoms with Gasteiger partial charge in [-0.15, -0.1) is 0 Å². The molecule has 0 heterocycles. The molecular formula is C17H28N2O. The highest BCUT2D eigenvalue weighted by Crippen LogP contribution is 2.11. The monoisotopic (exact) mass is 276 g/mol. The predicted molar refractivity (Wildman–Crippen MR) is 84.4 cm³/mol. The van der Waals surface area contributed by atoms with Crippen LogP contribution < -0.4 is 5.73 Å². The maximum atomic E-state index is 12.5. The molecule has 2 N–H and O–H groups in total. The van der Waals surface area contributed by atoms with Gasteiger partial charge in [0.05, 0.1) is 6.42 Å². The van der Waals surface area contributed by atoms with Crippen molar-refractivity contribution in [3.05, 3.63) is 35.4 Å². The highest BCUT2D eigenvalue weighted by molar-refractivity contribution is 5.79. The van der Waals surface area contributed by atoms with Gasteiger partial charge in [-0.1, -0.05) is 51.0 Å². The Morgan fingerprint density at radius 1 is 1.05 bits per heavy atom. The zero-order valence-corrected chi connectivity index (χ0v) is 12.9. The molecule has 0 atom stereocenters. The van der Waals surface area contributed by atoms with Crippen LogP contribution in [0.2, 0.25) is 0 Å². The lowest BCUT2D eigenvalue weighted by Crippen LogP contribution is -2.34. The molecule has 0 aliphatic rings. The lowest BCUT2D eigenvalue weighted by Gasteiger charge is -2.23. The number of nitrogens with two attached hydrogens (primary N) is 1. The molecule has 0 saturated heterocycles. The van der Waals surface area contributed by atoms with Crippen molar-refractivity contribution in [3.63, 3.8) is 0 Å². The van der Waals surface area contributed by atoms with Crippen molar-refractivity contribution in [1.29, 1.82) is 0 Å². The number of rotatable bonds is 9. The van der Waals surface area contributed by atoms with Crippen LogP contribution in [-0.2, 0) is 17.8 Å². The van der Waals surface area contributed by atoms with Gasteiger partial charge in [0.1, 0.15) is 0 Å². The fourth-order valence-electron chi connectivity index (χ4n) is 2.26. The molecule has 1 amide bonds. The Balaban J connectivity index is 2.68. The fraction of sp³-hybridized carbons (Fsp3) is 0.588. The Labute approximate surface area is 123 Å². The Bertz CT molecular complexity index is 396. The minimum Gasteiger partial charge on any atom is -0.342 e. The first-order chi connectivity index (χ1) is 9.72. The van der Waals surface area contributed by atoms with E-state index < -0.39 is 0 Å². The average Bonchev–Trinajstić information content (AvgIpc) is 2.47. The van der Waals surface area contributed by atoms with Gasteiger partial charge in [0.2, 0.25) is 5.91 Å².